The molecule has 1 aromatic heterocycles. The summed E-state index contributed by atoms with van der Waals surface area (Å²) in [5.41, 5.74) is 1.06. The summed E-state index contributed by atoms with van der Waals surface area (Å²) in [4.78, 5) is 13.8. The third-order valence-electron chi connectivity index (χ3n) is 2.29. The summed E-state index contributed by atoms with van der Waals surface area (Å²) in [6.07, 6.45) is 1.12. The Bertz CT molecular complexity index is 312. The Morgan fingerprint density at radius 1 is 1.42 bits per heavy atom. The maximum absolute atomic E-state index is 11.0. The van der Waals surface area contributed by atoms with E-state index in [1.54, 1.807) is 6.07 Å². The Kier molecular flexibility index (Phi) is 1.96. The van der Waals surface area contributed by atoms with Gasteiger partial charge in [0.25, 0.3) is 0 Å². The summed E-state index contributed by atoms with van der Waals surface area (Å²) < 4.78 is 0. The highest BCUT2D eigenvalue weighted by Gasteiger charge is 2.16. The molecule has 1 aliphatic heterocycles. The molecule has 0 aromatic carbocycles. The number of rotatable bonds is 1. The van der Waals surface area contributed by atoms with Crippen molar-refractivity contribution < 1.29 is 0 Å². The second kappa shape index (κ2) is 3.11. The van der Waals surface area contributed by atoms with Crippen molar-refractivity contribution in [3.8, 4) is 0 Å². The zero-order valence-electron chi connectivity index (χ0n) is 6.84. The van der Waals surface area contributed by atoms with Gasteiger partial charge in [-0.2, -0.15) is 0 Å². The Hall–Kier alpha value is -1.09. The predicted molar refractivity (Wildman–Crippen MR) is 47.3 cm³/mol. The molecule has 12 heavy (non-hydrogen) atoms. The van der Waals surface area contributed by atoms with Crippen molar-refractivity contribution in [2.45, 2.75) is 12.3 Å². The van der Waals surface area contributed by atoms with Crippen molar-refractivity contribution in [3.05, 3.63) is 34.2 Å². The number of aromatic amines is 1. The zero-order valence-corrected chi connectivity index (χ0v) is 6.84. The maximum Gasteiger partial charge on any atom is 0.248 e. The molecule has 1 aromatic rings. The van der Waals surface area contributed by atoms with Crippen LogP contribution in [0.15, 0.2) is 23.0 Å². The summed E-state index contributed by atoms with van der Waals surface area (Å²) in [5.74, 6) is 0.499. The van der Waals surface area contributed by atoms with Gasteiger partial charge in [0.2, 0.25) is 5.56 Å². The van der Waals surface area contributed by atoms with Crippen molar-refractivity contribution in [2.24, 2.45) is 0 Å². The van der Waals surface area contributed by atoms with E-state index in [4.69, 9.17) is 0 Å². The van der Waals surface area contributed by atoms with Gasteiger partial charge in [0.1, 0.15) is 0 Å². The molecule has 0 bridgehead atoms. The second-order valence-corrected chi connectivity index (χ2v) is 3.16. The normalized spacial score (nSPS) is 22.8. The molecule has 0 radical (unpaired) electrons. The third-order valence-corrected chi connectivity index (χ3v) is 2.29. The van der Waals surface area contributed by atoms with Gasteiger partial charge in [0.05, 0.1) is 0 Å². The lowest BCUT2D eigenvalue weighted by atomic mass is 10.0. The van der Waals surface area contributed by atoms with Gasteiger partial charge < -0.3 is 10.3 Å². The lowest BCUT2D eigenvalue weighted by Crippen LogP contribution is -2.12. The number of pyridine rings is 1. The minimum Gasteiger partial charge on any atom is -0.326 e. The fourth-order valence-corrected chi connectivity index (χ4v) is 1.62. The topological polar surface area (TPSA) is 44.9 Å². The first kappa shape index (κ1) is 7.55. The molecule has 1 atom stereocenters. The summed E-state index contributed by atoms with van der Waals surface area (Å²) in [6.45, 7) is 2.04. The van der Waals surface area contributed by atoms with Gasteiger partial charge in [0.15, 0.2) is 0 Å². The van der Waals surface area contributed by atoms with E-state index in [-0.39, 0.29) is 5.56 Å². The van der Waals surface area contributed by atoms with Crippen LogP contribution in [0.3, 0.4) is 0 Å². The van der Waals surface area contributed by atoms with Crippen molar-refractivity contribution in [2.75, 3.05) is 13.1 Å². The monoisotopic (exact) mass is 164 g/mol. The van der Waals surface area contributed by atoms with Crippen LogP contribution in [-0.4, -0.2) is 18.1 Å². The van der Waals surface area contributed by atoms with Crippen LogP contribution < -0.4 is 10.9 Å². The Morgan fingerprint density at radius 3 is 3.00 bits per heavy atom. The lowest BCUT2D eigenvalue weighted by molar-refractivity contribution is 0.731. The fraction of sp³-hybridized carbons (Fsp3) is 0.444. The molecule has 0 unspecified atom stereocenters. The molecule has 3 nitrogen and oxygen atoms in total. The van der Waals surface area contributed by atoms with E-state index in [0.29, 0.717) is 5.92 Å². The van der Waals surface area contributed by atoms with Crippen LogP contribution in [0, 0.1) is 0 Å². The van der Waals surface area contributed by atoms with Crippen molar-refractivity contribution >= 4 is 0 Å². The first-order chi connectivity index (χ1) is 5.86. The highest BCUT2D eigenvalue weighted by atomic mass is 16.1. The van der Waals surface area contributed by atoms with Crippen molar-refractivity contribution in [1.82, 2.24) is 10.3 Å². The third kappa shape index (κ3) is 1.41. The molecule has 0 saturated carbocycles. The molecule has 64 valence electrons. The predicted octanol–water partition coefficient (Wildman–Crippen LogP) is 0.452. The maximum atomic E-state index is 11.0. The SMILES string of the molecule is O=c1cccc([C@H]2CCNC2)[nH]1. The van der Waals surface area contributed by atoms with E-state index in [1.807, 2.05) is 12.1 Å². The first-order valence-electron chi connectivity index (χ1n) is 4.26. The standard InChI is InChI=1S/C9H12N2O/c12-9-3-1-2-8(11-9)7-4-5-10-6-7/h1-3,7,10H,4-6H2,(H,11,12)/t7-/m0/s1. The molecule has 0 spiro atoms. The summed E-state index contributed by atoms with van der Waals surface area (Å²) in [6, 6.07) is 5.34. The number of hydrogen-bond acceptors (Lipinski definition) is 2. The smallest absolute Gasteiger partial charge is 0.248 e. The van der Waals surface area contributed by atoms with Crippen LogP contribution in [0.25, 0.3) is 0 Å². The molecule has 0 amide bonds. The molecule has 3 heteroatoms. The number of aromatic nitrogens is 1. The Balaban J connectivity index is 2.27. The van der Waals surface area contributed by atoms with Gasteiger partial charge in [-0.15, -0.1) is 0 Å². The molecule has 1 aliphatic rings. The summed E-state index contributed by atoms with van der Waals surface area (Å²) in [7, 11) is 0. The van der Waals surface area contributed by atoms with E-state index in [1.165, 1.54) is 0 Å². The molecule has 2 rings (SSSR count). The lowest BCUT2D eigenvalue weighted by Gasteiger charge is -2.06. The zero-order chi connectivity index (χ0) is 8.39. The number of hydrogen-bond donors (Lipinski definition) is 2. The number of H-pyrrole nitrogens is 1. The van der Waals surface area contributed by atoms with Crippen LogP contribution in [0.1, 0.15) is 18.0 Å². The number of nitrogens with one attached hydrogen (secondary N) is 2. The van der Waals surface area contributed by atoms with Gasteiger partial charge in [-0.3, -0.25) is 4.79 Å². The fourth-order valence-electron chi connectivity index (χ4n) is 1.62. The Labute approximate surface area is 70.8 Å². The summed E-state index contributed by atoms with van der Waals surface area (Å²) >= 11 is 0. The molecule has 1 fully saturated rings. The summed E-state index contributed by atoms with van der Waals surface area (Å²) in [5, 5.41) is 3.27. The van der Waals surface area contributed by atoms with Gasteiger partial charge >= 0.3 is 0 Å². The van der Waals surface area contributed by atoms with Gasteiger partial charge in [-0.1, -0.05) is 6.07 Å². The van der Waals surface area contributed by atoms with Crippen LogP contribution in [0.2, 0.25) is 0 Å². The Morgan fingerprint density at radius 2 is 2.33 bits per heavy atom. The van der Waals surface area contributed by atoms with Crippen LogP contribution >= 0.6 is 0 Å². The van der Waals surface area contributed by atoms with Crippen LogP contribution in [-0.2, 0) is 0 Å². The van der Waals surface area contributed by atoms with E-state index >= 15 is 0 Å². The van der Waals surface area contributed by atoms with Gasteiger partial charge in [0, 0.05) is 24.2 Å². The minimum atomic E-state index is -0.000556. The molecule has 2 heterocycles. The van der Waals surface area contributed by atoms with Crippen LogP contribution in [0.4, 0.5) is 0 Å². The van der Waals surface area contributed by atoms with Crippen LogP contribution in [0.5, 0.6) is 0 Å². The van der Waals surface area contributed by atoms with E-state index in [9.17, 15) is 4.79 Å². The van der Waals surface area contributed by atoms with E-state index < -0.39 is 0 Å². The highest BCUT2D eigenvalue weighted by Crippen LogP contribution is 2.18. The van der Waals surface area contributed by atoms with Crippen molar-refractivity contribution in [1.29, 1.82) is 0 Å². The minimum absolute atomic E-state index is 0.000556. The van der Waals surface area contributed by atoms with E-state index in [0.717, 1.165) is 25.2 Å². The molecule has 1 saturated heterocycles. The quantitative estimate of drug-likeness (QED) is 0.633. The largest absolute Gasteiger partial charge is 0.326 e. The van der Waals surface area contributed by atoms with Crippen molar-refractivity contribution in [3.63, 3.8) is 0 Å². The molecule has 0 aliphatic carbocycles. The van der Waals surface area contributed by atoms with Gasteiger partial charge in [-0.25, -0.2) is 0 Å². The average Bonchev–Trinajstić information content (AvgIpc) is 2.56. The molecular formula is C9H12N2O. The van der Waals surface area contributed by atoms with Gasteiger partial charge in [-0.05, 0) is 19.0 Å². The average molecular weight is 164 g/mol. The second-order valence-electron chi connectivity index (χ2n) is 3.16. The molecular weight excluding hydrogens is 152 g/mol. The first-order valence-corrected chi connectivity index (χ1v) is 4.26. The molecule has 2 N–H and O–H groups in total. The highest BCUT2D eigenvalue weighted by molar-refractivity contribution is 5.11. The van der Waals surface area contributed by atoms with E-state index in [2.05, 4.69) is 10.3 Å².